The zero-order valence-electron chi connectivity index (χ0n) is 8.55. The third-order valence-electron chi connectivity index (χ3n) is 1.89. The summed E-state index contributed by atoms with van der Waals surface area (Å²) >= 11 is 7.28. The van der Waals surface area contributed by atoms with E-state index in [-0.39, 0.29) is 0 Å². The van der Waals surface area contributed by atoms with Crippen molar-refractivity contribution >= 4 is 23.4 Å². The third-order valence-corrected chi connectivity index (χ3v) is 3.09. The fourth-order valence-electron chi connectivity index (χ4n) is 1.19. The van der Waals surface area contributed by atoms with E-state index < -0.39 is 0 Å². The molecule has 0 aliphatic rings. The Balaban J connectivity index is 2.26. The van der Waals surface area contributed by atoms with Gasteiger partial charge in [-0.15, -0.1) is 0 Å². The largest absolute Gasteiger partial charge is 0.496 e. The lowest BCUT2D eigenvalue weighted by Gasteiger charge is -2.06. The molecule has 0 fully saturated rings. The first kappa shape index (κ1) is 11.2. The smallest absolute Gasteiger partial charge is 0.133 e. The molecule has 0 spiro atoms. The van der Waals surface area contributed by atoms with Crippen LogP contribution in [0.15, 0.2) is 46.6 Å². The van der Waals surface area contributed by atoms with Crippen molar-refractivity contribution in [2.75, 3.05) is 7.11 Å². The maximum atomic E-state index is 5.79. The van der Waals surface area contributed by atoms with Crippen molar-refractivity contribution in [3.8, 4) is 5.75 Å². The van der Waals surface area contributed by atoms with Gasteiger partial charge in [0.1, 0.15) is 22.3 Å². The Hall–Kier alpha value is -1.26. The van der Waals surface area contributed by atoms with E-state index in [0.717, 1.165) is 15.7 Å². The summed E-state index contributed by atoms with van der Waals surface area (Å²) in [7, 11) is 1.65. The second kappa shape index (κ2) is 5.18. The second-order valence-corrected chi connectivity index (χ2v) is 4.38. The molecule has 2 aromatic rings. The Morgan fingerprint density at radius 2 is 2.06 bits per heavy atom. The SMILES string of the molecule is COc1ccccc1Sc1cc(Cl)ncn1. The molecule has 0 unspecified atom stereocenters. The van der Waals surface area contributed by atoms with E-state index >= 15 is 0 Å². The molecule has 1 aromatic heterocycles. The summed E-state index contributed by atoms with van der Waals surface area (Å²) in [6, 6.07) is 9.48. The number of ether oxygens (including phenoxy) is 1. The second-order valence-electron chi connectivity index (χ2n) is 2.93. The highest BCUT2D eigenvalue weighted by Crippen LogP contribution is 2.33. The summed E-state index contributed by atoms with van der Waals surface area (Å²) in [6.07, 6.45) is 1.44. The zero-order valence-corrected chi connectivity index (χ0v) is 10.1. The molecule has 0 radical (unpaired) electrons. The van der Waals surface area contributed by atoms with Crippen LogP contribution in [0.25, 0.3) is 0 Å². The fraction of sp³-hybridized carbons (Fsp3) is 0.0909. The predicted octanol–water partition coefficient (Wildman–Crippen LogP) is 3.29. The Kier molecular flexibility index (Phi) is 3.64. The fourth-order valence-corrected chi connectivity index (χ4v) is 2.29. The minimum absolute atomic E-state index is 0.437. The molecular weight excluding hydrogens is 244 g/mol. The van der Waals surface area contributed by atoms with E-state index in [9.17, 15) is 0 Å². The van der Waals surface area contributed by atoms with Crippen molar-refractivity contribution in [1.82, 2.24) is 9.97 Å². The van der Waals surface area contributed by atoms with E-state index in [1.807, 2.05) is 24.3 Å². The van der Waals surface area contributed by atoms with Crippen molar-refractivity contribution < 1.29 is 4.74 Å². The number of aromatic nitrogens is 2. The molecule has 0 aliphatic heterocycles. The predicted molar refractivity (Wildman–Crippen MR) is 64.2 cm³/mol. The van der Waals surface area contributed by atoms with Gasteiger partial charge in [0.05, 0.1) is 12.0 Å². The monoisotopic (exact) mass is 252 g/mol. The Labute approximate surface area is 103 Å². The van der Waals surface area contributed by atoms with Crippen LogP contribution in [0.4, 0.5) is 0 Å². The molecule has 5 heteroatoms. The minimum Gasteiger partial charge on any atom is -0.496 e. The quantitative estimate of drug-likeness (QED) is 0.786. The Morgan fingerprint density at radius 3 is 2.81 bits per heavy atom. The van der Waals surface area contributed by atoms with E-state index in [0.29, 0.717) is 5.15 Å². The summed E-state index contributed by atoms with van der Waals surface area (Å²) in [5, 5.41) is 1.23. The molecule has 0 aliphatic carbocycles. The molecule has 2 rings (SSSR count). The highest BCUT2D eigenvalue weighted by molar-refractivity contribution is 7.99. The normalized spacial score (nSPS) is 10.1. The van der Waals surface area contributed by atoms with E-state index in [1.54, 1.807) is 13.2 Å². The van der Waals surface area contributed by atoms with Gasteiger partial charge in [0.2, 0.25) is 0 Å². The number of hydrogen-bond acceptors (Lipinski definition) is 4. The molecule has 82 valence electrons. The van der Waals surface area contributed by atoms with Crippen molar-refractivity contribution in [3.05, 3.63) is 41.8 Å². The highest BCUT2D eigenvalue weighted by atomic mass is 35.5. The van der Waals surface area contributed by atoms with Gasteiger partial charge in [-0.3, -0.25) is 0 Å². The topological polar surface area (TPSA) is 35.0 Å². The minimum atomic E-state index is 0.437. The van der Waals surface area contributed by atoms with Crippen LogP contribution in [-0.2, 0) is 0 Å². The van der Waals surface area contributed by atoms with Crippen molar-refractivity contribution in [3.63, 3.8) is 0 Å². The van der Waals surface area contributed by atoms with E-state index in [2.05, 4.69) is 9.97 Å². The number of para-hydroxylation sites is 1. The van der Waals surface area contributed by atoms with Crippen LogP contribution in [0.1, 0.15) is 0 Å². The Morgan fingerprint density at radius 1 is 1.25 bits per heavy atom. The van der Waals surface area contributed by atoms with E-state index in [4.69, 9.17) is 16.3 Å². The number of hydrogen-bond donors (Lipinski definition) is 0. The summed E-state index contributed by atoms with van der Waals surface area (Å²) in [4.78, 5) is 8.96. The van der Waals surface area contributed by atoms with Gasteiger partial charge < -0.3 is 4.74 Å². The van der Waals surface area contributed by atoms with Gasteiger partial charge in [0, 0.05) is 6.07 Å². The van der Waals surface area contributed by atoms with Crippen LogP contribution < -0.4 is 4.74 Å². The standard InChI is InChI=1S/C11H9ClN2OS/c1-15-8-4-2-3-5-9(8)16-11-6-10(12)13-7-14-11/h2-7H,1H3. The molecule has 0 bridgehead atoms. The average molecular weight is 253 g/mol. The first-order chi connectivity index (χ1) is 7.79. The van der Waals surface area contributed by atoms with Crippen molar-refractivity contribution in [1.29, 1.82) is 0 Å². The van der Waals surface area contributed by atoms with Gasteiger partial charge >= 0.3 is 0 Å². The van der Waals surface area contributed by atoms with Crippen LogP contribution in [0.3, 0.4) is 0 Å². The van der Waals surface area contributed by atoms with Gasteiger partial charge in [0.15, 0.2) is 0 Å². The molecule has 1 aromatic carbocycles. The maximum absolute atomic E-state index is 5.79. The number of rotatable bonds is 3. The van der Waals surface area contributed by atoms with Crippen LogP contribution >= 0.6 is 23.4 Å². The highest BCUT2D eigenvalue weighted by Gasteiger charge is 2.05. The molecular formula is C11H9ClN2OS. The number of halogens is 1. The first-order valence-corrected chi connectivity index (χ1v) is 5.77. The molecule has 16 heavy (non-hydrogen) atoms. The lowest BCUT2D eigenvalue weighted by atomic mass is 10.3. The van der Waals surface area contributed by atoms with Gasteiger partial charge in [-0.2, -0.15) is 0 Å². The third kappa shape index (κ3) is 2.65. The Bertz CT molecular complexity index is 493. The molecule has 3 nitrogen and oxygen atoms in total. The summed E-state index contributed by atoms with van der Waals surface area (Å²) in [5.41, 5.74) is 0. The molecule has 0 saturated heterocycles. The van der Waals surface area contributed by atoms with Gasteiger partial charge in [-0.1, -0.05) is 35.5 Å². The number of methoxy groups -OCH3 is 1. The lowest BCUT2D eigenvalue weighted by Crippen LogP contribution is -1.87. The summed E-state index contributed by atoms with van der Waals surface area (Å²) < 4.78 is 5.25. The van der Waals surface area contributed by atoms with Crippen molar-refractivity contribution in [2.45, 2.75) is 9.92 Å². The lowest BCUT2D eigenvalue weighted by molar-refractivity contribution is 0.405. The zero-order chi connectivity index (χ0) is 11.4. The average Bonchev–Trinajstić information content (AvgIpc) is 2.30. The molecule has 0 N–H and O–H groups in total. The summed E-state index contributed by atoms with van der Waals surface area (Å²) in [5.74, 6) is 0.822. The van der Waals surface area contributed by atoms with Crippen LogP contribution in [-0.4, -0.2) is 17.1 Å². The number of nitrogens with zero attached hydrogens (tertiary/aromatic N) is 2. The van der Waals surface area contributed by atoms with Crippen LogP contribution in [0, 0.1) is 0 Å². The van der Waals surface area contributed by atoms with E-state index in [1.165, 1.54) is 18.1 Å². The maximum Gasteiger partial charge on any atom is 0.133 e. The van der Waals surface area contributed by atoms with Crippen molar-refractivity contribution in [2.24, 2.45) is 0 Å². The molecule has 1 heterocycles. The summed E-state index contributed by atoms with van der Waals surface area (Å²) in [6.45, 7) is 0. The van der Waals surface area contributed by atoms with Gasteiger partial charge in [-0.25, -0.2) is 9.97 Å². The first-order valence-electron chi connectivity index (χ1n) is 4.58. The molecule has 0 amide bonds. The van der Waals surface area contributed by atoms with Crippen LogP contribution in [0.5, 0.6) is 5.75 Å². The van der Waals surface area contributed by atoms with Crippen LogP contribution in [0.2, 0.25) is 5.15 Å². The van der Waals surface area contributed by atoms with Gasteiger partial charge in [-0.05, 0) is 12.1 Å². The molecule has 0 atom stereocenters. The molecule has 0 saturated carbocycles. The van der Waals surface area contributed by atoms with Gasteiger partial charge in [0.25, 0.3) is 0 Å². The number of benzene rings is 1.